The predicted octanol–water partition coefficient (Wildman–Crippen LogP) is 2.76. The second-order valence-corrected chi connectivity index (χ2v) is 4.59. The normalized spacial score (nSPS) is 11.2. The van der Waals surface area contributed by atoms with Crippen LogP contribution in [0.5, 0.6) is 11.5 Å². The van der Waals surface area contributed by atoms with Crippen LogP contribution in [0.3, 0.4) is 0 Å². The van der Waals surface area contributed by atoms with Crippen molar-refractivity contribution in [2.24, 2.45) is 5.10 Å². The Labute approximate surface area is 128 Å². The topological polar surface area (TPSA) is 73.1 Å². The zero-order valence-electron chi connectivity index (χ0n) is 13.0. The van der Waals surface area contributed by atoms with Crippen LogP contribution in [0.4, 0.5) is 0 Å². The average Bonchev–Trinajstić information content (AvgIpc) is 2.97. The van der Waals surface area contributed by atoms with Gasteiger partial charge < -0.3 is 13.9 Å². The number of ether oxygens (including phenoxy) is 2. The monoisotopic (exact) mass is 302 g/mol. The van der Waals surface area contributed by atoms with Crippen molar-refractivity contribution in [2.45, 2.75) is 13.8 Å². The molecule has 0 spiro atoms. The number of nitrogens with one attached hydrogen (secondary N) is 1. The number of hydrazone groups is 1. The average molecular weight is 302 g/mol. The van der Waals surface area contributed by atoms with E-state index in [9.17, 15) is 4.79 Å². The molecule has 6 heteroatoms. The molecular weight excluding hydrogens is 284 g/mol. The van der Waals surface area contributed by atoms with E-state index >= 15 is 0 Å². The van der Waals surface area contributed by atoms with Gasteiger partial charge in [0.1, 0.15) is 17.3 Å². The van der Waals surface area contributed by atoms with Crippen LogP contribution in [0.25, 0.3) is 0 Å². The van der Waals surface area contributed by atoms with Crippen LogP contribution < -0.4 is 14.9 Å². The van der Waals surface area contributed by atoms with Gasteiger partial charge in [-0.3, -0.25) is 4.79 Å². The second kappa shape index (κ2) is 6.80. The summed E-state index contributed by atoms with van der Waals surface area (Å²) in [5.41, 5.74) is 4.35. The van der Waals surface area contributed by atoms with Crippen molar-refractivity contribution in [1.82, 2.24) is 5.43 Å². The largest absolute Gasteiger partial charge is 0.497 e. The molecule has 2 aromatic rings. The SMILES string of the molecule is COc1ccc(/C(C)=N/NC(=O)c2ccoc2C)c(OC)c1. The summed E-state index contributed by atoms with van der Waals surface area (Å²) in [5, 5.41) is 4.11. The molecule has 116 valence electrons. The fourth-order valence-corrected chi connectivity index (χ4v) is 1.97. The minimum Gasteiger partial charge on any atom is -0.497 e. The molecule has 0 radical (unpaired) electrons. The van der Waals surface area contributed by atoms with Gasteiger partial charge in [-0.15, -0.1) is 0 Å². The number of furan rings is 1. The van der Waals surface area contributed by atoms with Crippen molar-refractivity contribution in [3.63, 3.8) is 0 Å². The van der Waals surface area contributed by atoms with Gasteiger partial charge in [-0.1, -0.05) is 0 Å². The van der Waals surface area contributed by atoms with Gasteiger partial charge in [0, 0.05) is 11.6 Å². The molecule has 6 nitrogen and oxygen atoms in total. The van der Waals surface area contributed by atoms with Gasteiger partial charge in [0.15, 0.2) is 0 Å². The van der Waals surface area contributed by atoms with Crippen molar-refractivity contribution in [1.29, 1.82) is 0 Å². The van der Waals surface area contributed by atoms with Crippen LogP contribution >= 0.6 is 0 Å². The molecular formula is C16H18N2O4. The van der Waals surface area contributed by atoms with Crippen molar-refractivity contribution >= 4 is 11.6 Å². The van der Waals surface area contributed by atoms with Gasteiger partial charge in [0.25, 0.3) is 5.91 Å². The van der Waals surface area contributed by atoms with Crippen LogP contribution in [0.1, 0.15) is 28.6 Å². The highest BCUT2D eigenvalue weighted by Crippen LogP contribution is 2.25. The third-order valence-electron chi connectivity index (χ3n) is 3.23. The van der Waals surface area contributed by atoms with E-state index < -0.39 is 0 Å². The van der Waals surface area contributed by atoms with Gasteiger partial charge in [0.05, 0.1) is 31.8 Å². The third kappa shape index (κ3) is 3.28. The van der Waals surface area contributed by atoms with E-state index in [0.29, 0.717) is 28.5 Å². The lowest BCUT2D eigenvalue weighted by Crippen LogP contribution is -2.19. The summed E-state index contributed by atoms with van der Waals surface area (Å²) in [6.07, 6.45) is 1.47. The molecule has 1 aromatic heterocycles. The van der Waals surface area contributed by atoms with Crippen molar-refractivity contribution in [2.75, 3.05) is 14.2 Å². The molecule has 0 aliphatic rings. The van der Waals surface area contributed by atoms with Crippen molar-refractivity contribution in [3.8, 4) is 11.5 Å². The number of carbonyl (C=O) groups excluding carboxylic acids is 1. The van der Waals surface area contributed by atoms with Crippen LogP contribution in [0.2, 0.25) is 0 Å². The summed E-state index contributed by atoms with van der Waals surface area (Å²) in [6.45, 7) is 3.50. The highest BCUT2D eigenvalue weighted by atomic mass is 16.5. The molecule has 0 saturated heterocycles. The minimum atomic E-state index is -0.321. The van der Waals surface area contributed by atoms with Crippen LogP contribution in [0, 0.1) is 6.92 Å². The molecule has 0 bridgehead atoms. The molecule has 1 heterocycles. The summed E-state index contributed by atoms with van der Waals surface area (Å²) in [6, 6.07) is 6.99. The predicted molar refractivity (Wildman–Crippen MR) is 82.7 cm³/mol. The molecule has 22 heavy (non-hydrogen) atoms. The van der Waals surface area contributed by atoms with Gasteiger partial charge in [-0.05, 0) is 32.0 Å². The molecule has 1 amide bonds. The van der Waals surface area contributed by atoms with Gasteiger partial charge in [-0.2, -0.15) is 5.10 Å². The number of hydrogen-bond donors (Lipinski definition) is 1. The number of aryl methyl sites for hydroxylation is 1. The van der Waals surface area contributed by atoms with E-state index in [1.165, 1.54) is 6.26 Å². The molecule has 1 N–H and O–H groups in total. The maximum absolute atomic E-state index is 12.0. The molecule has 1 aromatic carbocycles. The number of nitrogens with zero attached hydrogens (tertiary/aromatic N) is 1. The maximum atomic E-state index is 12.0. The first kappa shape index (κ1) is 15.6. The standard InChI is InChI=1S/C16H18N2O4/c1-10(13-6-5-12(20-3)9-15(13)21-4)17-18-16(19)14-7-8-22-11(14)2/h5-9H,1-4H3,(H,18,19)/b17-10+. The Morgan fingerprint density at radius 3 is 2.55 bits per heavy atom. The Morgan fingerprint density at radius 2 is 1.95 bits per heavy atom. The zero-order chi connectivity index (χ0) is 16.1. The number of hydrogen-bond acceptors (Lipinski definition) is 5. The van der Waals surface area contributed by atoms with E-state index in [1.807, 2.05) is 6.07 Å². The Hall–Kier alpha value is -2.76. The minimum absolute atomic E-state index is 0.321. The smallest absolute Gasteiger partial charge is 0.274 e. The lowest BCUT2D eigenvalue weighted by atomic mass is 10.1. The van der Waals surface area contributed by atoms with Gasteiger partial charge in [-0.25, -0.2) is 5.43 Å². The lowest BCUT2D eigenvalue weighted by Gasteiger charge is -2.10. The lowest BCUT2D eigenvalue weighted by molar-refractivity contribution is 0.0953. The van der Waals surface area contributed by atoms with E-state index in [-0.39, 0.29) is 5.91 Å². The Kier molecular flexibility index (Phi) is 4.83. The van der Waals surface area contributed by atoms with E-state index in [4.69, 9.17) is 13.9 Å². The first-order valence-electron chi connectivity index (χ1n) is 6.68. The number of methoxy groups -OCH3 is 2. The van der Waals surface area contributed by atoms with E-state index in [0.717, 1.165) is 5.56 Å². The van der Waals surface area contributed by atoms with Crippen molar-refractivity contribution < 1.29 is 18.7 Å². The number of rotatable bonds is 5. The highest BCUT2D eigenvalue weighted by Gasteiger charge is 2.12. The molecule has 0 saturated carbocycles. The summed E-state index contributed by atoms with van der Waals surface area (Å²) >= 11 is 0. The van der Waals surface area contributed by atoms with E-state index in [1.54, 1.807) is 46.3 Å². The number of benzene rings is 1. The number of amides is 1. The van der Waals surface area contributed by atoms with E-state index in [2.05, 4.69) is 10.5 Å². The quantitative estimate of drug-likeness (QED) is 0.681. The molecule has 0 aliphatic carbocycles. The van der Waals surface area contributed by atoms with Gasteiger partial charge >= 0.3 is 0 Å². The van der Waals surface area contributed by atoms with Crippen LogP contribution in [0.15, 0.2) is 40.0 Å². The molecule has 0 atom stereocenters. The molecule has 2 rings (SSSR count). The van der Waals surface area contributed by atoms with Crippen molar-refractivity contribution in [3.05, 3.63) is 47.4 Å². The summed E-state index contributed by atoms with van der Waals surface area (Å²) < 4.78 is 15.6. The Morgan fingerprint density at radius 1 is 1.18 bits per heavy atom. The summed E-state index contributed by atoms with van der Waals surface area (Å²) in [5.74, 6) is 1.53. The fraction of sp³-hybridized carbons (Fsp3) is 0.250. The second-order valence-electron chi connectivity index (χ2n) is 4.59. The van der Waals surface area contributed by atoms with Gasteiger partial charge in [0.2, 0.25) is 0 Å². The zero-order valence-corrected chi connectivity index (χ0v) is 13.0. The number of carbonyl (C=O) groups is 1. The molecule has 0 fully saturated rings. The van der Waals surface area contributed by atoms with Crippen LogP contribution in [-0.4, -0.2) is 25.8 Å². The fourth-order valence-electron chi connectivity index (χ4n) is 1.97. The first-order valence-corrected chi connectivity index (χ1v) is 6.68. The third-order valence-corrected chi connectivity index (χ3v) is 3.23. The Bertz CT molecular complexity index is 704. The van der Waals surface area contributed by atoms with Crippen LogP contribution in [-0.2, 0) is 0 Å². The summed E-state index contributed by atoms with van der Waals surface area (Å²) in [7, 11) is 3.15. The maximum Gasteiger partial charge on any atom is 0.274 e. The Balaban J connectivity index is 2.19. The highest BCUT2D eigenvalue weighted by molar-refractivity contribution is 6.03. The molecule has 0 unspecified atom stereocenters. The summed E-state index contributed by atoms with van der Waals surface area (Å²) in [4.78, 5) is 12.0. The first-order chi connectivity index (χ1) is 10.6. The molecule has 0 aliphatic heterocycles.